The van der Waals surface area contributed by atoms with E-state index in [1.54, 1.807) is 0 Å². The maximum absolute atomic E-state index is 13.0. The Balaban J connectivity index is 1.46. The lowest BCUT2D eigenvalue weighted by molar-refractivity contribution is -0.137. The molecule has 2 aliphatic rings. The predicted octanol–water partition coefficient (Wildman–Crippen LogP) is 1.96. The summed E-state index contributed by atoms with van der Waals surface area (Å²) in [6.07, 6.45) is -2.30. The number of nitrogens with zero attached hydrogens (tertiary/aromatic N) is 3. The van der Waals surface area contributed by atoms with E-state index in [2.05, 4.69) is 15.7 Å². The number of benzene rings is 1. The lowest BCUT2D eigenvalue weighted by Crippen LogP contribution is -2.45. The highest BCUT2D eigenvalue weighted by Crippen LogP contribution is 2.30. The van der Waals surface area contributed by atoms with E-state index in [1.165, 1.54) is 27.8 Å². The third-order valence-corrected chi connectivity index (χ3v) is 5.57. The topological polar surface area (TPSA) is 96.3 Å². The third-order valence-electron chi connectivity index (χ3n) is 5.57. The van der Waals surface area contributed by atoms with E-state index >= 15 is 0 Å². The van der Waals surface area contributed by atoms with Crippen LogP contribution in [0.2, 0.25) is 0 Å². The smallest absolute Gasteiger partial charge is 0.354 e. The summed E-state index contributed by atoms with van der Waals surface area (Å²) in [5.41, 5.74) is -0.213. The van der Waals surface area contributed by atoms with E-state index in [1.807, 2.05) is 0 Å². The standard InChI is InChI=1S/C21H22F3N5O3/c22-21(23,24)14-5-3-4-13(10-14)12-28-8-9-29-17(20(28)32)11-16(27-29)19(31)26-15-6-1-2-7-25-18(15)30/h3-5,10-11,15H,1-2,6-9,12H2,(H,25,30)(H,26,31). The van der Waals surface area contributed by atoms with Gasteiger partial charge in [0.1, 0.15) is 11.7 Å². The number of hydrogen-bond donors (Lipinski definition) is 2. The molecule has 0 aliphatic carbocycles. The molecule has 2 N–H and O–H groups in total. The van der Waals surface area contributed by atoms with Crippen LogP contribution in [0.1, 0.15) is 51.4 Å². The molecule has 8 nitrogen and oxygen atoms in total. The summed E-state index contributed by atoms with van der Waals surface area (Å²) in [5.74, 6) is -1.22. The number of nitrogens with one attached hydrogen (secondary N) is 2. The first-order valence-electron chi connectivity index (χ1n) is 10.3. The van der Waals surface area contributed by atoms with Crippen LogP contribution in [0.5, 0.6) is 0 Å². The van der Waals surface area contributed by atoms with E-state index in [0.29, 0.717) is 25.1 Å². The van der Waals surface area contributed by atoms with Crippen molar-refractivity contribution < 1.29 is 27.6 Å². The Morgan fingerprint density at radius 2 is 2.00 bits per heavy atom. The first-order chi connectivity index (χ1) is 15.2. The van der Waals surface area contributed by atoms with Gasteiger partial charge >= 0.3 is 6.18 Å². The fourth-order valence-electron chi connectivity index (χ4n) is 3.88. The lowest BCUT2D eigenvalue weighted by atomic mass is 10.1. The van der Waals surface area contributed by atoms with E-state index in [0.717, 1.165) is 25.0 Å². The molecule has 0 radical (unpaired) electrons. The molecule has 4 rings (SSSR count). The van der Waals surface area contributed by atoms with Crippen molar-refractivity contribution in [2.24, 2.45) is 0 Å². The average molecular weight is 449 g/mol. The second-order valence-electron chi connectivity index (χ2n) is 7.88. The van der Waals surface area contributed by atoms with E-state index in [9.17, 15) is 27.6 Å². The molecular formula is C21H22F3N5O3. The van der Waals surface area contributed by atoms with Crippen molar-refractivity contribution in [3.63, 3.8) is 0 Å². The van der Waals surface area contributed by atoms with Gasteiger partial charge < -0.3 is 15.5 Å². The molecule has 1 aromatic heterocycles. The number of carbonyl (C=O) groups excluding carboxylic acids is 3. The summed E-state index contributed by atoms with van der Waals surface area (Å²) >= 11 is 0. The van der Waals surface area contributed by atoms with Crippen LogP contribution in [-0.2, 0) is 24.1 Å². The summed E-state index contributed by atoms with van der Waals surface area (Å²) in [7, 11) is 0. The van der Waals surface area contributed by atoms with Crippen molar-refractivity contribution >= 4 is 17.7 Å². The zero-order valence-electron chi connectivity index (χ0n) is 17.1. The van der Waals surface area contributed by atoms with Crippen LogP contribution in [0.15, 0.2) is 30.3 Å². The Labute approximate surface area is 181 Å². The van der Waals surface area contributed by atoms with Gasteiger partial charge in [0.25, 0.3) is 11.8 Å². The molecule has 0 bridgehead atoms. The molecule has 2 aromatic rings. The molecule has 1 unspecified atom stereocenters. The van der Waals surface area contributed by atoms with Gasteiger partial charge in [-0.2, -0.15) is 18.3 Å². The number of amides is 3. The van der Waals surface area contributed by atoms with Crippen LogP contribution < -0.4 is 10.6 Å². The molecule has 1 fully saturated rings. The summed E-state index contributed by atoms with van der Waals surface area (Å²) in [6, 6.07) is 5.54. The second kappa shape index (κ2) is 8.64. The number of carbonyl (C=O) groups is 3. The number of alkyl halides is 3. The number of hydrogen-bond acceptors (Lipinski definition) is 4. The van der Waals surface area contributed by atoms with Gasteiger partial charge in [0.15, 0.2) is 5.69 Å². The van der Waals surface area contributed by atoms with Gasteiger partial charge in [-0.15, -0.1) is 0 Å². The van der Waals surface area contributed by atoms with Gasteiger partial charge in [-0.3, -0.25) is 19.1 Å². The van der Waals surface area contributed by atoms with Crippen molar-refractivity contribution in [3.05, 3.63) is 52.8 Å². The molecule has 3 heterocycles. The molecule has 0 spiro atoms. The zero-order valence-corrected chi connectivity index (χ0v) is 17.1. The maximum atomic E-state index is 13.0. The Kier molecular flexibility index (Phi) is 5.90. The van der Waals surface area contributed by atoms with Gasteiger partial charge in [-0.25, -0.2) is 0 Å². The van der Waals surface area contributed by atoms with Crippen LogP contribution in [0, 0.1) is 0 Å². The Morgan fingerprint density at radius 1 is 1.19 bits per heavy atom. The highest BCUT2D eigenvalue weighted by molar-refractivity contribution is 5.99. The van der Waals surface area contributed by atoms with Gasteiger partial charge in [-0.1, -0.05) is 12.1 Å². The Hall–Kier alpha value is -3.37. The van der Waals surface area contributed by atoms with Crippen molar-refractivity contribution in [3.8, 4) is 0 Å². The second-order valence-corrected chi connectivity index (χ2v) is 7.88. The van der Waals surface area contributed by atoms with Crippen molar-refractivity contribution in [2.75, 3.05) is 13.1 Å². The van der Waals surface area contributed by atoms with Crippen LogP contribution in [0.3, 0.4) is 0 Å². The minimum atomic E-state index is -4.46. The fourth-order valence-corrected chi connectivity index (χ4v) is 3.88. The third kappa shape index (κ3) is 4.61. The monoisotopic (exact) mass is 449 g/mol. The molecule has 32 heavy (non-hydrogen) atoms. The van der Waals surface area contributed by atoms with E-state index < -0.39 is 29.6 Å². The molecule has 2 aliphatic heterocycles. The minimum absolute atomic E-state index is 0.0116. The number of halogens is 3. The van der Waals surface area contributed by atoms with Gasteiger partial charge in [0.05, 0.1) is 12.1 Å². The number of fused-ring (bicyclic) bond motifs is 1. The van der Waals surface area contributed by atoms with Crippen molar-refractivity contribution in [1.82, 2.24) is 25.3 Å². The summed E-state index contributed by atoms with van der Waals surface area (Å²) < 4.78 is 40.3. The fraction of sp³-hybridized carbons (Fsp3) is 0.429. The predicted molar refractivity (Wildman–Crippen MR) is 107 cm³/mol. The quantitative estimate of drug-likeness (QED) is 0.746. The lowest BCUT2D eigenvalue weighted by Gasteiger charge is -2.27. The summed E-state index contributed by atoms with van der Waals surface area (Å²) in [4.78, 5) is 38.9. The van der Waals surface area contributed by atoms with Crippen LogP contribution in [0.4, 0.5) is 13.2 Å². The van der Waals surface area contributed by atoms with Crippen molar-refractivity contribution in [2.45, 2.75) is 44.6 Å². The first-order valence-corrected chi connectivity index (χ1v) is 10.3. The molecule has 1 atom stereocenters. The Morgan fingerprint density at radius 3 is 2.78 bits per heavy atom. The maximum Gasteiger partial charge on any atom is 0.416 e. The normalized spacial score (nSPS) is 19.2. The average Bonchev–Trinajstić information content (AvgIpc) is 3.09. The van der Waals surface area contributed by atoms with E-state index in [-0.39, 0.29) is 30.4 Å². The molecule has 11 heteroatoms. The molecule has 170 valence electrons. The van der Waals surface area contributed by atoms with Crippen molar-refractivity contribution in [1.29, 1.82) is 0 Å². The largest absolute Gasteiger partial charge is 0.416 e. The highest BCUT2D eigenvalue weighted by atomic mass is 19.4. The SMILES string of the molecule is O=C(NC1CCCCNC1=O)c1cc2n(n1)CCN(Cc1cccc(C(F)(F)F)c1)C2=O. The number of rotatable bonds is 4. The van der Waals surface area contributed by atoms with Crippen LogP contribution in [-0.4, -0.2) is 51.5 Å². The highest BCUT2D eigenvalue weighted by Gasteiger charge is 2.32. The van der Waals surface area contributed by atoms with Crippen LogP contribution in [0.25, 0.3) is 0 Å². The Bertz CT molecular complexity index is 1050. The van der Waals surface area contributed by atoms with Gasteiger partial charge in [-0.05, 0) is 37.0 Å². The zero-order chi connectivity index (χ0) is 22.9. The minimum Gasteiger partial charge on any atom is -0.354 e. The van der Waals surface area contributed by atoms with E-state index in [4.69, 9.17) is 0 Å². The first kappa shape index (κ1) is 21.8. The molecular weight excluding hydrogens is 427 g/mol. The van der Waals surface area contributed by atoms with Gasteiger partial charge in [0, 0.05) is 25.7 Å². The molecule has 0 saturated carbocycles. The number of aromatic nitrogens is 2. The molecule has 1 saturated heterocycles. The molecule has 3 amide bonds. The molecule has 1 aromatic carbocycles. The summed E-state index contributed by atoms with van der Waals surface area (Å²) in [5, 5.41) is 9.58. The van der Waals surface area contributed by atoms with Gasteiger partial charge in [0.2, 0.25) is 5.91 Å². The van der Waals surface area contributed by atoms with Crippen LogP contribution >= 0.6 is 0 Å². The summed E-state index contributed by atoms with van der Waals surface area (Å²) in [6.45, 7) is 1.13.